The first-order valence-corrected chi connectivity index (χ1v) is 10.4. The van der Waals surface area contributed by atoms with Crippen LogP contribution in [0.1, 0.15) is 37.7 Å². The lowest BCUT2D eigenvalue weighted by atomic mass is 9.90. The van der Waals surface area contributed by atoms with Crippen LogP contribution in [-0.4, -0.2) is 47.3 Å². The van der Waals surface area contributed by atoms with E-state index in [-0.39, 0.29) is 29.9 Å². The number of benzene rings is 2. The molecular formula is C22H26N2O5S. The number of thiol groups is 1. The lowest BCUT2D eigenvalue weighted by Crippen LogP contribution is -2.62. The van der Waals surface area contributed by atoms with E-state index in [2.05, 4.69) is 23.3 Å². The zero-order chi connectivity index (χ0) is 21.8. The SMILES string of the molecule is COc1ccc2cc([C@H](CC[C@@H]3NC(=O)[C@H](CC(C)S)NC3=O)C(=O)O)ccc2c1. The number of ether oxygens (including phenoxy) is 1. The van der Waals surface area contributed by atoms with Crippen molar-refractivity contribution in [1.29, 1.82) is 0 Å². The second-order valence-electron chi connectivity index (χ2n) is 7.65. The van der Waals surface area contributed by atoms with Crippen LogP contribution in [0.15, 0.2) is 36.4 Å². The normalized spacial score (nSPS) is 20.9. The van der Waals surface area contributed by atoms with Gasteiger partial charge < -0.3 is 20.5 Å². The van der Waals surface area contributed by atoms with Crippen LogP contribution in [0, 0.1) is 0 Å². The van der Waals surface area contributed by atoms with Crippen molar-refractivity contribution in [2.75, 3.05) is 7.11 Å². The number of hydrogen-bond acceptors (Lipinski definition) is 5. The summed E-state index contributed by atoms with van der Waals surface area (Å²) in [5.74, 6) is -1.56. The number of amides is 2. The van der Waals surface area contributed by atoms with Gasteiger partial charge in [0.1, 0.15) is 17.8 Å². The summed E-state index contributed by atoms with van der Waals surface area (Å²) in [5.41, 5.74) is 0.657. The second kappa shape index (κ2) is 9.38. The summed E-state index contributed by atoms with van der Waals surface area (Å²) in [7, 11) is 1.59. The van der Waals surface area contributed by atoms with Crippen molar-refractivity contribution >= 4 is 41.2 Å². The molecule has 0 saturated carbocycles. The molecule has 1 aliphatic heterocycles. The fraction of sp³-hybridized carbons (Fsp3) is 0.409. The Morgan fingerprint density at radius 2 is 1.73 bits per heavy atom. The lowest BCUT2D eigenvalue weighted by Gasteiger charge is -2.30. The molecular weight excluding hydrogens is 404 g/mol. The highest BCUT2D eigenvalue weighted by molar-refractivity contribution is 7.80. The molecule has 2 aromatic rings. The maximum absolute atomic E-state index is 12.4. The molecule has 0 aromatic heterocycles. The Bertz CT molecular complexity index is 962. The number of methoxy groups -OCH3 is 1. The van der Waals surface area contributed by atoms with E-state index in [1.807, 2.05) is 37.3 Å². The zero-order valence-electron chi connectivity index (χ0n) is 16.9. The predicted molar refractivity (Wildman–Crippen MR) is 117 cm³/mol. The molecule has 7 nitrogen and oxygen atoms in total. The maximum atomic E-state index is 12.4. The molecule has 8 heteroatoms. The highest BCUT2D eigenvalue weighted by Gasteiger charge is 2.34. The van der Waals surface area contributed by atoms with Crippen molar-refractivity contribution in [1.82, 2.24) is 10.6 Å². The van der Waals surface area contributed by atoms with Crippen molar-refractivity contribution in [3.05, 3.63) is 42.0 Å². The average molecular weight is 431 g/mol. The van der Waals surface area contributed by atoms with Crippen molar-refractivity contribution in [3.63, 3.8) is 0 Å². The Hall–Kier alpha value is -2.74. The van der Waals surface area contributed by atoms with Gasteiger partial charge in [0.2, 0.25) is 11.8 Å². The van der Waals surface area contributed by atoms with Crippen molar-refractivity contribution < 1.29 is 24.2 Å². The molecule has 1 heterocycles. The fourth-order valence-corrected chi connectivity index (χ4v) is 3.95. The molecule has 1 aliphatic rings. The Morgan fingerprint density at radius 3 is 2.40 bits per heavy atom. The molecule has 1 fully saturated rings. The molecule has 0 aliphatic carbocycles. The maximum Gasteiger partial charge on any atom is 0.310 e. The van der Waals surface area contributed by atoms with Crippen LogP contribution in [0.3, 0.4) is 0 Å². The van der Waals surface area contributed by atoms with Gasteiger partial charge in [0.05, 0.1) is 13.0 Å². The predicted octanol–water partition coefficient (Wildman–Crippen LogP) is 2.49. The third-order valence-electron chi connectivity index (χ3n) is 5.36. The number of carboxylic acids is 1. The third-order valence-corrected chi connectivity index (χ3v) is 5.57. The van der Waals surface area contributed by atoms with Crippen LogP contribution in [0.5, 0.6) is 5.75 Å². The number of piperazine rings is 1. The topological polar surface area (TPSA) is 105 Å². The summed E-state index contributed by atoms with van der Waals surface area (Å²) in [4.78, 5) is 36.5. The smallest absolute Gasteiger partial charge is 0.310 e. The van der Waals surface area contributed by atoms with E-state index >= 15 is 0 Å². The highest BCUT2D eigenvalue weighted by atomic mass is 32.1. The number of nitrogens with one attached hydrogen (secondary N) is 2. The Kier molecular flexibility index (Phi) is 6.87. The number of fused-ring (bicyclic) bond motifs is 1. The summed E-state index contributed by atoms with van der Waals surface area (Å²) in [6, 6.07) is 9.74. The van der Waals surface area contributed by atoms with Crippen molar-refractivity contribution in [2.45, 2.75) is 49.4 Å². The molecule has 0 radical (unpaired) electrons. The van der Waals surface area contributed by atoms with Gasteiger partial charge in [0.15, 0.2) is 0 Å². The molecule has 30 heavy (non-hydrogen) atoms. The van der Waals surface area contributed by atoms with Gasteiger partial charge in [-0.2, -0.15) is 12.6 Å². The molecule has 1 unspecified atom stereocenters. The monoisotopic (exact) mass is 430 g/mol. The van der Waals surface area contributed by atoms with Crippen LogP contribution in [0.4, 0.5) is 0 Å². The van der Waals surface area contributed by atoms with Crippen LogP contribution in [0.2, 0.25) is 0 Å². The molecule has 4 atom stereocenters. The van der Waals surface area contributed by atoms with E-state index in [0.717, 1.165) is 16.5 Å². The fourth-order valence-electron chi connectivity index (χ4n) is 3.74. The van der Waals surface area contributed by atoms with Crippen LogP contribution in [-0.2, 0) is 14.4 Å². The highest BCUT2D eigenvalue weighted by Crippen LogP contribution is 2.28. The van der Waals surface area contributed by atoms with E-state index in [0.29, 0.717) is 12.0 Å². The number of carbonyl (C=O) groups excluding carboxylic acids is 2. The molecule has 0 spiro atoms. The first-order chi connectivity index (χ1) is 14.3. The minimum Gasteiger partial charge on any atom is -0.497 e. The quantitative estimate of drug-likeness (QED) is 0.482. The Labute approximate surface area is 180 Å². The largest absolute Gasteiger partial charge is 0.497 e. The first kappa shape index (κ1) is 22.0. The number of carboxylic acid groups (broad SMARTS) is 1. The summed E-state index contributed by atoms with van der Waals surface area (Å²) in [6.45, 7) is 1.85. The van der Waals surface area contributed by atoms with Gasteiger partial charge in [-0.15, -0.1) is 0 Å². The lowest BCUT2D eigenvalue weighted by molar-refractivity contribution is -0.139. The van der Waals surface area contributed by atoms with Gasteiger partial charge in [-0.25, -0.2) is 0 Å². The standard InChI is InChI=1S/C22H26N2O5S/c1-12(30)9-19-21(26)23-18(20(25)24-19)8-7-17(22(27)28)15-4-3-14-11-16(29-2)6-5-13(14)10-15/h3-6,10-12,17-19,30H,7-9H2,1-2H3,(H,23,26)(H,24,25)(H,27,28)/t12?,17-,18-,19-/m0/s1. The third kappa shape index (κ3) is 5.05. The van der Waals surface area contributed by atoms with Crippen molar-refractivity contribution in [3.8, 4) is 5.75 Å². The number of carbonyl (C=O) groups is 3. The van der Waals surface area contributed by atoms with E-state index in [9.17, 15) is 19.5 Å². The van der Waals surface area contributed by atoms with Crippen LogP contribution in [0.25, 0.3) is 10.8 Å². The van der Waals surface area contributed by atoms with Gasteiger partial charge in [-0.3, -0.25) is 14.4 Å². The molecule has 1 saturated heterocycles. The summed E-state index contributed by atoms with van der Waals surface area (Å²) >= 11 is 4.27. The Balaban J connectivity index is 1.71. The van der Waals surface area contributed by atoms with Gasteiger partial charge >= 0.3 is 5.97 Å². The van der Waals surface area contributed by atoms with Gasteiger partial charge in [0, 0.05) is 5.25 Å². The number of hydrogen-bond donors (Lipinski definition) is 4. The molecule has 0 bridgehead atoms. The summed E-state index contributed by atoms with van der Waals surface area (Å²) in [6.07, 6.45) is 0.897. The molecule has 3 N–H and O–H groups in total. The van der Waals surface area contributed by atoms with E-state index in [4.69, 9.17) is 4.74 Å². The second-order valence-corrected chi connectivity index (χ2v) is 8.53. The molecule has 2 aromatic carbocycles. The van der Waals surface area contributed by atoms with Gasteiger partial charge in [-0.1, -0.05) is 31.2 Å². The van der Waals surface area contributed by atoms with E-state index in [1.165, 1.54) is 0 Å². The van der Waals surface area contributed by atoms with Crippen LogP contribution < -0.4 is 15.4 Å². The number of rotatable bonds is 8. The molecule has 3 rings (SSSR count). The van der Waals surface area contributed by atoms with E-state index in [1.54, 1.807) is 13.2 Å². The summed E-state index contributed by atoms with van der Waals surface area (Å²) in [5, 5.41) is 17.0. The van der Waals surface area contributed by atoms with E-state index < -0.39 is 24.0 Å². The average Bonchev–Trinajstić information content (AvgIpc) is 2.70. The Morgan fingerprint density at radius 1 is 1.10 bits per heavy atom. The summed E-state index contributed by atoms with van der Waals surface area (Å²) < 4.78 is 5.22. The first-order valence-electron chi connectivity index (χ1n) is 9.88. The zero-order valence-corrected chi connectivity index (χ0v) is 17.8. The van der Waals surface area contributed by atoms with Gasteiger partial charge in [0.25, 0.3) is 0 Å². The van der Waals surface area contributed by atoms with Crippen molar-refractivity contribution in [2.24, 2.45) is 0 Å². The minimum atomic E-state index is -0.966. The molecule has 2 amide bonds. The molecule has 160 valence electrons. The van der Waals surface area contributed by atoms with Gasteiger partial charge in [-0.05, 0) is 47.7 Å². The minimum absolute atomic E-state index is 0.0261. The number of aliphatic carboxylic acids is 1. The van der Waals surface area contributed by atoms with Crippen LogP contribution >= 0.6 is 12.6 Å².